The van der Waals surface area contributed by atoms with E-state index < -0.39 is 17.0 Å². The number of pyridine rings is 1. The molecular formula is C40H35ClF2N6O4. The second-order valence-corrected chi connectivity index (χ2v) is 14.5. The van der Waals surface area contributed by atoms with Gasteiger partial charge in [-0.05, 0) is 85.4 Å². The molecule has 9 rings (SSSR count). The number of nitrogens with one attached hydrogen (secondary N) is 2. The SMILES string of the molecule is O=C(Nc1cc(F)c2c(c1)C1(CC1)C(=O)N2)c1ccc2nc(CN3CC=C(c4cccc(OCc5ccc(Cl)cc5F)n4)CC3)n(C[C@@H]3CCO3)c2c1. The number of halogens is 3. The smallest absolute Gasteiger partial charge is 0.255 e. The van der Waals surface area contributed by atoms with Crippen LogP contribution >= 0.6 is 11.6 Å². The summed E-state index contributed by atoms with van der Waals surface area (Å²) in [4.78, 5) is 38.0. The van der Waals surface area contributed by atoms with Gasteiger partial charge in [-0.15, -0.1) is 0 Å². The minimum Gasteiger partial charge on any atom is -0.473 e. The summed E-state index contributed by atoms with van der Waals surface area (Å²) in [6.45, 7) is 3.44. The third-order valence-electron chi connectivity index (χ3n) is 10.7. The lowest BCUT2D eigenvalue weighted by Gasteiger charge is -2.29. The van der Waals surface area contributed by atoms with Crippen molar-refractivity contribution in [2.75, 3.05) is 30.3 Å². The molecule has 1 atom stereocenters. The van der Waals surface area contributed by atoms with Crippen LogP contribution in [0.3, 0.4) is 0 Å². The number of carbonyl (C=O) groups is 2. The van der Waals surface area contributed by atoms with Gasteiger partial charge in [0, 0.05) is 47.6 Å². The Hall–Kier alpha value is -5.17. The maximum absolute atomic E-state index is 15.0. The molecule has 4 aliphatic rings. The lowest BCUT2D eigenvalue weighted by atomic mass is 9.97. The van der Waals surface area contributed by atoms with Gasteiger partial charge < -0.3 is 24.7 Å². The Morgan fingerprint density at radius 2 is 1.94 bits per heavy atom. The Kier molecular flexibility index (Phi) is 8.48. The average molecular weight is 737 g/mol. The van der Waals surface area contributed by atoms with Gasteiger partial charge >= 0.3 is 0 Å². The van der Waals surface area contributed by atoms with Crippen LogP contribution in [0.4, 0.5) is 20.2 Å². The zero-order chi connectivity index (χ0) is 36.3. The quantitative estimate of drug-likeness (QED) is 0.155. The third-order valence-corrected chi connectivity index (χ3v) is 10.9. The number of nitrogens with zero attached hydrogens (tertiary/aromatic N) is 4. The van der Waals surface area contributed by atoms with Crippen molar-refractivity contribution in [3.8, 4) is 5.88 Å². The molecule has 3 aliphatic heterocycles. The lowest BCUT2D eigenvalue weighted by Crippen LogP contribution is -2.33. The molecule has 1 saturated heterocycles. The molecule has 0 bridgehead atoms. The highest BCUT2D eigenvalue weighted by atomic mass is 35.5. The molecular weight excluding hydrogens is 702 g/mol. The van der Waals surface area contributed by atoms with Gasteiger partial charge in [0.05, 0.1) is 47.0 Å². The van der Waals surface area contributed by atoms with Gasteiger partial charge in [-0.1, -0.05) is 29.8 Å². The fourth-order valence-electron chi connectivity index (χ4n) is 7.39. The second kappa shape index (κ2) is 13.4. The Labute approximate surface area is 308 Å². The molecule has 2 fully saturated rings. The molecule has 2 amide bonds. The fourth-order valence-corrected chi connectivity index (χ4v) is 7.54. The third kappa shape index (κ3) is 6.45. The first-order valence-corrected chi connectivity index (χ1v) is 18.1. The molecule has 10 nitrogen and oxygen atoms in total. The molecule has 2 N–H and O–H groups in total. The molecule has 5 aromatic rings. The van der Waals surface area contributed by atoms with E-state index in [1.807, 2.05) is 24.3 Å². The minimum atomic E-state index is -0.674. The monoisotopic (exact) mass is 736 g/mol. The molecule has 13 heteroatoms. The Balaban J connectivity index is 0.904. The van der Waals surface area contributed by atoms with Crippen molar-refractivity contribution in [1.82, 2.24) is 19.4 Å². The van der Waals surface area contributed by atoms with Crippen LogP contribution in [0.1, 0.15) is 58.7 Å². The fraction of sp³-hybridized carbons (Fsp3) is 0.300. The van der Waals surface area contributed by atoms with E-state index in [0.717, 1.165) is 54.1 Å². The Bertz CT molecular complexity index is 2340. The predicted molar refractivity (Wildman–Crippen MR) is 196 cm³/mol. The number of aromatic nitrogens is 3. The van der Waals surface area contributed by atoms with E-state index in [4.69, 9.17) is 26.1 Å². The summed E-state index contributed by atoms with van der Waals surface area (Å²) in [6.07, 6.45) is 5.28. The van der Waals surface area contributed by atoms with Gasteiger partial charge in [-0.3, -0.25) is 14.5 Å². The van der Waals surface area contributed by atoms with E-state index in [0.29, 0.717) is 65.8 Å². The molecule has 1 saturated carbocycles. The predicted octanol–water partition coefficient (Wildman–Crippen LogP) is 7.26. The number of anilines is 2. The van der Waals surface area contributed by atoms with Crippen molar-refractivity contribution in [3.05, 3.63) is 118 Å². The number of fused-ring (bicyclic) bond motifs is 3. The van der Waals surface area contributed by atoms with Crippen LogP contribution in [0.25, 0.3) is 16.6 Å². The summed E-state index contributed by atoms with van der Waals surface area (Å²) >= 11 is 5.87. The van der Waals surface area contributed by atoms with Crippen LogP contribution in [0.5, 0.6) is 5.88 Å². The highest BCUT2D eigenvalue weighted by molar-refractivity contribution is 6.30. The number of benzene rings is 3. The largest absolute Gasteiger partial charge is 0.473 e. The first-order chi connectivity index (χ1) is 25.7. The molecule has 2 aromatic heterocycles. The zero-order valence-corrected chi connectivity index (χ0v) is 29.4. The lowest BCUT2D eigenvalue weighted by molar-refractivity contribution is -0.117. The van der Waals surface area contributed by atoms with Crippen molar-refractivity contribution in [1.29, 1.82) is 0 Å². The summed E-state index contributed by atoms with van der Waals surface area (Å²) in [5.41, 5.74) is 4.79. The maximum Gasteiger partial charge on any atom is 0.255 e. The van der Waals surface area contributed by atoms with E-state index in [1.54, 1.807) is 30.3 Å². The summed E-state index contributed by atoms with van der Waals surface area (Å²) in [6, 6.07) is 18.4. The molecule has 0 radical (unpaired) electrons. The molecule has 270 valence electrons. The van der Waals surface area contributed by atoms with E-state index in [2.05, 4.69) is 31.2 Å². The summed E-state index contributed by atoms with van der Waals surface area (Å²) in [5, 5.41) is 5.85. The van der Waals surface area contributed by atoms with Gasteiger partial charge in [-0.25, -0.2) is 18.7 Å². The van der Waals surface area contributed by atoms with Gasteiger partial charge in [-0.2, -0.15) is 0 Å². The first kappa shape index (κ1) is 33.7. The van der Waals surface area contributed by atoms with Crippen LogP contribution in [0.2, 0.25) is 5.02 Å². The normalized spacial score (nSPS) is 18.7. The second-order valence-electron chi connectivity index (χ2n) is 14.1. The molecule has 1 aliphatic carbocycles. The Morgan fingerprint density at radius 1 is 1.08 bits per heavy atom. The first-order valence-electron chi connectivity index (χ1n) is 17.8. The highest BCUT2D eigenvalue weighted by Gasteiger charge is 2.57. The number of hydrogen-bond donors (Lipinski definition) is 2. The zero-order valence-electron chi connectivity index (χ0n) is 28.6. The standard InChI is InChI=1S/C40H35ClF2N6O4/c41-26-6-4-25(30(42)17-26)22-53-36-3-1-2-32(46-36)23-8-13-48(14-9-23)21-35-45-33-7-5-24(16-34(33)49(35)20-28-10-15-52-28)38(50)44-27-18-29-37(31(43)19-27)47-39(51)40(29)11-12-40/h1-8,16-19,28H,9-15,20-22H2,(H,44,50)(H,47,51)/t28-/m0/s1. The number of rotatable bonds is 10. The molecule has 53 heavy (non-hydrogen) atoms. The number of carbonyl (C=O) groups excluding carboxylic acids is 2. The van der Waals surface area contributed by atoms with Gasteiger partial charge in [0.15, 0.2) is 0 Å². The number of imidazole rings is 1. The van der Waals surface area contributed by atoms with Crippen LogP contribution in [-0.4, -0.2) is 57.0 Å². The summed E-state index contributed by atoms with van der Waals surface area (Å²) in [7, 11) is 0. The van der Waals surface area contributed by atoms with Gasteiger partial charge in [0.25, 0.3) is 5.91 Å². The summed E-state index contributed by atoms with van der Waals surface area (Å²) < 4.78 is 43.0. The average Bonchev–Trinajstić information content (AvgIpc) is 3.81. The van der Waals surface area contributed by atoms with E-state index >= 15 is 0 Å². The number of amides is 2. The maximum atomic E-state index is 15.0. The van der Waals surface area contributed by atoms with Gasteiger partial charge in [0.2, 0.25) is 11.8 Å². The van der Waals surface area contributed by atoms with E-state index in [-0.39, 0.29) is 30.2 Å². The number of ether oxygens (including phenoxy) is 2. The van der Waals surface area contributed by atoms with Crippen molar-refractivity contribution < 1.29 is 27.8 Å². The van der Waals surface area contributed by atoms with Crippen LogP contribution in [0, 0.1) is 11.6 Å². The van der Waals surface area contributed by atoms with E-state index in [1.165, 1.54) is 12.1 Å². The van der Waals surface area contributed by atoms with Crippen molar-refractivity contribution in [3.63, 3.8) is 0 Å². The molecule has 5 heterocycles. The van der Waals surface area contributed by atoms with Crippen LogP contribution < -0.4 is 15.4 Å². The molecule has 0 unspecified atom stereocenters. The molecule has 3 aromatic carbocycles. The topological polar surface area (TPSA) is 111 Å². The summed E-state index contributed by atoms with van der Waals surface area (Å²) in [5.74, 6) is -0.247. The number of hydrogen-bond acceptors (Lipinski definition) is 7. The van der Waals surface area contributed by atoms with Crippen molar-refractivity contribution in [2.45, 2.75) is 56.9 Å². The van der Waals surface area contributed by atoms with Crippen LogP contribution in [0.15, 0.2) is 72.8 Å². The highest BCUT2D eigenvalue weighted by Crippen LogP contribution is 2.56. The molecule has 1 spiro atoms. The minimum absolute atomic E-state index is 0.0433. The Morgan fingerprint density at radius 3 is 2.70 bits per heavy atom. The van der Waals surface area contributed by atoms with Crippen molar-refractivity contribution in [2.24, 2.45) is 0 Å². The van der Waals surface area contributed by atoms with Crippen molar-refractivity contribution >= 4 is 51.4 Å². The van der Waals surface area contributed by atoms with E-state index in [9.17, 15) is 18.4 Å². The van der Waals surface area contributed by atoms with Gasteiger partial charge in [0.1, 0.15) is 24.1 Å². The van der Waals surface area contributed by atoms with Crippen LogP contribution in [-0.2, 0) is 34.6 Å².